The number of hydrogen-bond acceptors (Lipinski definition) is 4. The molecule has 0 aromatic carbocycles. The van der Waals surface area contributed by atoms with Crippen molar-refractivity contribution in [3.8, 4) is 0 Å². The lowest BCUT2D eigenvalue weighted by atomic mass is 9.69. The molecule has 0 heterocycles. The minimum absolute atomic E-state index is 0.302. The molecule has 0 spiro atoms. The predicted molar refractivity (Wildman–Crippen MR) is 53.9 cm³/mol. The van der Waals surface area contributed by atoms with Gasteiger partial charge in [-0.15, -0.1) is 0 Å². The maximum atomic E-state index is 10.6. The first-order valence-corrected chi connectivity index (χ1v) is 7.04. The summed E-state index contributed by atoms with van der Waals surface area (Å²) >= 11 is 0. The summed E-state index contributed by atoms with van der Waals surface area (Å²) in [5, 5.41) is 0. The Morgan fingerprint density at radius 1 is 1.00 bits per heavy atom. The molecule has 0 amide bonds. The van der Waals surface area contributed by atoms with Gasteiger partial charge in [-0.25, -0.2) is 8.42 Å². The molecular weight excluding hydrogens is 216 g/mol. The average Bonchev–Trinajstić information content (AvgIpc) is 2.16. The SMILES string of the molecule is O=S(=O)([O-])OC1CCCC2CCCCC21. The average molecular weight is 233 g/mol. The smallest absolute Gasteiger partial charge is 0.217 e. The van der Waals surface area contributed by atoms with Gasteiger partial charge in [-0.2, -0.15) is 0 Å². The van der Waals surface area contributed by atoms with Crippen molar-refractivity contribution in [3.05, 3.63) is 0 Å². The first-order chi connectivity index (χ1) is 7.06. The van der Waals surface area contributed by atoms with Crippen molar-refractivity contribution in [2.75, 3.05) is 0 Å². The van der Waals surface area contributed by atoms with E-state index in [1.165, 1.54) is 19.3 Å². The minimum Gasteiger partial charge on any atom is -0.726 e. The quantitative estimate of drug-likeness (QED) is 0.539. The van der Waals surface area contributed by atoms with Crippen LogP contribution in [0.1, 0.15) is 44.9 Å². The Hall–Kier alpha value is -0.130. The maximum absolute atomic E-state index is 10.6. The van der Waals surface area contributed by atoms with Crippen LogP contribution in [0.3, 0.4) is 0 Å². The van der Waals surface area contributed by atoms with Gasteiger partial charge in [0.25, 0.3) is 0 Å². The molecule has 2 rings (SSSR count). The first kappa shape index (κ1) is 11.4. The molecule has 2 aliphatic rings. The van der Waals surface area contributed by atoms with Crippen LogP contribution in [0, 0.1) is 11.8 Å². The lowest BCUT2D eigenvalue weighted by Gasteiger charge is -2.40. The van der Waals surface area contributed by atoms with Gasteiger partial charge in [-0.1, -0.05) is 25.7 Å². The van der Waals surface area contributed by atoms with E-state index in [4.69, 9.17) is 0 Å². The molecule has 2 aliphatic carbocycles. The fourth-order valence-electron chi connectivity index (χ4n) is 3.15. The second-order valence-electron chi connectivity index (χ2n) is 4.68. The topological polar surface area (TPSA) is 66.4 Å². The van der Waals surface area contributed by atoms with Gasteiger partial charge >= 0.3 is 0 Å². The van der Waals surface area contributed by atoms with E-state index in [2.05, 4.69) is 4.18 Å². The molecule has 0 aromatic rings. The maximum Gasteiger partial charge on any atom is 0.217 e. The lowest BCUT2D eigenvalue weighted by Crippen LogP contribution is -2.37. The number of hydrogen-bond donors (Lipinski definition) is 0. The van der Waals surface area contributed by atoms with E-state index in [1.54, 1.807) is 0 Å². The second kappa shape index (κ2) is 4.39. The molecule has 4 nitrogen and oxygen atoms in total. The van der Waals surface area contributed by atoms with Crippen LogP contribution in [0.5, 0.6) is 0 Å². The summed E-state index contributed by atoms with van der Waals surface area (Å²) in [4.78, 5) is 0. The van der Waals surface area contributed by atoms with Gasteiger partial charge in [-0.3, -0.25) is 4.18 Å². The van der Waals surface area contributed by atoms with Crippen LogP contribution in [0.25, 0.3) is 0 Å². The van der Waals surface area contributed by atoms with Gasteiger partial charge in [0.15, 0.2) is 0 Å². The molecule has 0 bridgehead atoms. The van der Waals surface area contributed by atoms with Crippen molar-refractivity contribution < 1.29 is 17.2 Å². The fraction of sp³-hybridized carbons (Fsp3) is 1.00. The van der Waals surface area contributed by atoms with Crippen molar-refractivity contribution in [2.45, 2.75) is 51.0 Å². The summed E-state index contributed by atoms with van der Waals surface area (Å²) in [6, 6.07) is 0. The fourth-order valence-corrected chi connectivity index (χ4v) is 3.69. The third-order valence-electron chi connectivity index (χ3n) is 3.75. The highest BCUT2D eigenvalue weighted by Crippen LogP contribution is 2.42. The van der Waals surface area contributed by atoms with Gasteiger partial charge in [0.05, 0.1) is 6.10 Å². The third-order valence-corrected chi connectivity index (χ3v) is 4.23. The molecule has 5 heteroatoms. The summed E-state index contributed by atoms with van der Waals surface area (Å²) < 4.78 is 36.5. The van der Waals surface area contributed by atoms with E-state index >= 15 is 0 Å². The van der Waals surface area contributed by atoms with Crippen molar-refractivity contribution >= 4 is 10.4 Å². The van der Waals surface area contributed by atoms with E-state index in [0.717, 1.165) is 25.7 Å². The van der Waals surface area contributed by atoms with Crippen LogP contribution >= 0.6 is 0 Å². The molecule has 0 N–H and O–H groups in total. The van der Waals surface area contributed by atoms with E-state index in [9.17, 15) is 13.0 Å². The van der Waals surface area contributed by atoms with Crippen LogP contribution in [0.2, 0.25) is 0 Å². The first-order valence-electron chi connectivity index (χ1n) is 5.70. The van der Waals surface area contributed by atoms with Gasteiger partial charge in [0.2, 0.25) is 10.4 Å². The molecule has 0 radical (unpaired) electrons. The molecule has 2 fully saturated rings. The summed E-state index contributed by atoms with van der Waals surface area (Å²) in [6.45, 7) is 0. The Bertz CT molecular complexity index is 309. The normalized spacial score (nSPS) is 37.3. The monoisotopic (exact) mass is 233 g/mol. The Kier molecular flexibility index (Phi) is 3.33. The van der Waals surface area contributed by atoms with Gasteiger partial charge in [0, 0.05) is 0 Å². The van der Waals surface area contributed by atoms with Crippen LogP contribution in [-0.4, -0.2) is 19.1 Å². The molecule has 15 heavy (non-hydrogen) atoms. The van der Waals surface area contributed by atoms with Crippen LogP contribution in [0.15, 0.2) is 0 Å². The zero-order valence-electron chi connectivity index (χ0n) is 8.72. The third kappa shape index (κ3) is 2.92. The van der Waals surface area contributed by atoms with Crippen LogP contribution < -0.4 is 0 Å². The number of rotatable bonds is 2. The van der Waals surface area contributed by atoms with Crippen molar-refractivity contribution in [1.82, 2.24) is 0 Å². The van der Waals surface area contributed by atoms with Gasteiger partial charge < -0.3 is 4.55 Å². The second-order valence-corrected chi connectivity index (χ2v) is 5.69. The van der Waals surface area contributed by atoms with Gasteiger partial charge in [0.1, 0.15) is 0 Å². The van der Waals surface area contributed by atoms with Gasteiger partial charge in [-0.05, 0) is 31.1 Å². The summed E-state index contributed by atoms with van der Waals surface area (Å²) in [7, 11) is -4.52. The van der Waals surface area contributed by atoms with E-state index < -0.39 is 10.4 Å². The zero-order chi connectivity index (χ0) is 10.9. The molecule has 3 unspecified atom stereocenters. The highest BCUT2D eigenvalue weighted by atomic mass is 32.3. The molecular formula is C10H17O4S-. The highest BCUT2D eigenvalue weighted by molar-refractivity contribution is 7.80. The van der Waals surface area contributed by atoms with Crippen LogP contribution in [0.4, 0.5) is 0 Å². The van der Waals surface area contributed by atoms with E-state index in [0.29, 0.717) is 11.8 Å². The summed E-state index contributed by atoms with van der Waals surface area (Å²) in [5.74, 6) is 0.885. The molecule has 0 aromatic heterocycles. The molecule has 0 aliphatic heterocycles. The Balaban J connectivity index is 2.03. The van der Waals surface area contributed by atoms with Crippen molar-refractivity contribution in [1.29, 1.82) is 0 Å². The molecule has 0 saturated heterocycles. The standard InChI is InChI=1S/C10H18O4S/c11-15(12,13)14-10-7-3-5-8-4-1-2-6-9(8)10/h8-10H,1-7H2,(H,11,12,13)/p-1. The minimum atomic E-state index is -4.52. The summed E-state index contributed by atoms with van der Waals surface area (Å²) in [5.41, 5.74) is 0. The molecule has 2 saturated carbocycles. The predicted octanol–water partition coefficient (Wildman–Crippen LogP) is 1.82. The zero-order valence-corrected chi connectivity index (χ0v) is 9.54. The molecule has 88 valence electrons. The Labute approximate surface area is 91.0 Å². The largest absolute Gasteiger partial charge is 0.726 e. The van der Waals surface area contributed by atoms with Crippen molar-refractivity contribution in [2.24, 2.45) is 11.8 Å². The van der Waals surface area contributed by atoms with E-state index in [1.807, 2.05) is 0 Å². The summed E-state index contributed by atoms with van der Waals surface area (Å²) in [6.07, 6.45) is 7.10. The van der Waals surface area contributed by atoms with Crippen LogP contribution in [-0.2, 0) is 14.6 Å². The van der Waals surface area contributed by atoms with Crippen molar-refractivity contribution in [3.63, 3.8) is 0 Å². The lowest BCUT2D eigenvalue weighted by molar-refractivity contribution is 0.0240. The Morgan fingerprint density at radius 3 is 2.40 bits per heavy atom. The number of fused-ring (bicyclic) bond motifs is 1. The molecule has 3 atom stereocenters. The van der Waals surface area contributed by atoms with E-state index in [-0.39, 0.29) is 6.10 Å². The Morgan fingerprint density at radius 2 is 1.67 bits per heavy atom. The highest BCUT2D eigenvalue weighted by Gasteiger charge is 2.36.